The fraction of sp³-hybridized carbons (Fsp3) is 0.208. The fourth-order valence-corrected chi connectivity index (χ4v) is 4.35. The molecule has 3 aromatic carbocycles. The molecule has 6 nitrogen and oxygen atoms in total. The highest BCUT2D eigenvalue weighted by Gasteiger charge is 2.41. The van der Waals surface area contributed by atoms with E-state index in [1.54, 1.807) is 26.4 Å². The van der Waals surface area contributed by atoms with E-state index in [1.807, 2.05) is 53.5 Å². The minimum atomic E-state index is -0.471. The van der Waals surface area contributed by atoms with E-state index >= 15 is 0 Å². The second kappa shape index (κ2) is 7.71. The molecule has 2 heterocycles. The van der Waals surface area contributed by atoms with Crippen molar-refractivity contribution in [1.29, 1.82) is 0 Å². The number of hydrogen-bond acceptors (Lipinski definition) is 6. The number of phenolic OH excluding ortho intramolecular Hbond substituents is 1. The average Bonchev–Trinajstić information content (AvgIpc) is 3.24. The Kier molecular flexibility index (Phi) is 4.87. The van der Waals surface area contributed by atoms with Gasteiger partial charge in [-0.15, -0.1) is 0 Å². The van der Waals surface area contributed by atoms with Gasteiger partial charge in [0, 0.05) is 28.1 Å². The zero-order chi connectivity index (χ0) is 21.5. The Morgan fingerprint density at radius 3 is 2.61 bits per heavy atom. The minimum Gasteiger partial charge on any atom is -0.507 e. The van der Waals surface area contributed by atoms with Crippen molar-refractivity contribution >= 4 is 17.3 Å². The lowest BCUT2D eigenvalue weighted by Crippen LogP contribution is -2.33. The molecule has 0 radical (unpaired) electrons. The summed E-state index contributed by atoms with van der Waals surface area (Å²) < 4.78 is 17.2. The highest BCUT2D eigenvalue weighted by Crippen LogP contribution is 2.49. The van der Waals surface area contributed by atoms with Gasteiger partial charge < -0.3 is 19.3 Å². The molecule has 2 aliphatic rings. The molecular formula is C24H21ClN2O4. The maximum atomic E-state index is 10.4. The molecule has 0 aliphatic carbocycles. The standard InChI is InChI=1S/C24H21ClN2O4/c1-29-22-9-7-14(11-23(22)30-2)24-27-19(17-12-15(25)8-10-21(17)31-24)13-18(26-27)16-5-3-4-6-20(16)28/h3-12,19,24,28H,13H2,1-2H3/t19-,24+/m1/s1. The molecule has 0 saturated carbocycles. The molecule has 1 N–H and O–H groups in total. The van der Waals surface area contributed by atoms with Crippen LogP contribution in [0.4, 0.5) is 0 Å². The second-order valence-electron chi connectivity index (χ2n) is 7.43. The summed E-state index contributed by atoms with van der Waals surface area (Å²) in [6.45, 7) is 0. The molecule has 2 aliphatic heterocycles. The minimum absolute atomic E-state index is 0.0739. The van der Waals surface area contributed by atoms with Crippen molar-refractivity contribution in [3.05, 3.63) is 82.4 Å². The van der Waals surface area contributed by atoms with Gasteiger partial charge in [0.15, 0.2) is 11.5 Å². The number of benzene rings is 3. The first-order valence-corrected chi connectivity index (χ1v) is 10.3. The molecule has 0 fully saturated rings. The van der Waals surface area contributed by atoms with Crippen molar-refractivity contribution in [3.8, 4) is 23.0 Å². The number of rotatable bonds is 4. The summed E-state index contributed by atoms with van der Waals surface area (Å²) in [6, 6.07) is 18.5. The van der Waals surface area contributed by atoms with E-state index < -0.39 is 6.23 Å². The van der Waals surface area contributed by atoms with E-state index in [4.69, 9.17) is 30.9 Å². The number of nitrogens with zero attached hydrogens (tertiary/aromatic N) is 2. The van der Waals surface area contributed by atoms with Gasteiger partial charge >= 0.3 is 0 Å². The van der Waals surface area contributed by atoms with E-state index in [0.29, 0.717) is 28.5 Å². The van der Waals surface area contributed by atoms with Crippen LogP contribution in [-0.2, 0) is 0 Å². The molecule has 0 bridgehead atoms. The SMILES string of the molecule is COc1ccc([C@@H]2Oc3ccc(Cl)cc3[C@H]3CC(c4ccccc4O)=NN32)cc1OC. The van der Waals surface area contributed by atoms with Crippen molar-refractivity contribution in [2.75, 3.05) is 14.2 Å². The molecule has 0 spiro atoms. The lowest BCUT2D eigenvalue weighted by atomic mass is 9.95. The van der Waals surface area contributed by atoms with Crippen LogP contribution in [0.25, 0.3) is 0 Å². The van der Waals surface area contributed by atoms with Gasteiger partial charge in [0.2, 0.25) is 6.23 Å². The maximum absolute atomic E-state index is 10.4. The van der Waals surface area contributed by atoms with Crippen molar-refractivity contribution in [1.82, 2.24) is 5.01 Å². The Balaban J connectivity index is 1.62. The first-order valence-electron chi connectivity index (χ1n) is 9.91. The lowest BCUT2D eigenvalue weighted by molar-refractivity contribution is -0.0191. The smallest absolute Gasteiger partial charge is 0.214 e. The molecule has 0 aromatic heterocycles. The largest absolute Gasteiger partial charge is 0.507 e. The van der Waals surface area contributed by atoms with Gasteiger partial charge in [-0.3, -0.25) is 0 Å². The van der Waals surface area contributed by atoms with Crippen LogP contribution in [-0.4, -0.2) is 30.0 Å². The predicted octanol–water partition coefficient (Wildman–Crippen LogP) is 5.31. The van der Waals surface area contributed by atoms with Crippen LogP contribution in [0.1, 0.15) is 35.4 Å². The van der Waals surface area contributed by atoms with E-state index in [0.717, 1.165) is 22.6 Å². The molecule has 31 heavy (non-hydrogen) atoms. The van der Waals surface area contributed by atoms with Gasteiger partial charge in [0.05, 0.1) is 26.0 Å². The lowest BCUT2D eigenvalue weighted by Gasteiger charge is -2.38. The van der Waals surface area contributed by atoms with Crippen LogP contribution in [0.15, 0.2) is 65.8 Å². The van der Waals surface area contributed by atoms with E-state index in [9.17, 15) is 5.11 Å². The topological polar surface area (TPSA) is 63.5 Å². The molecule has 3 aromatic rings. The molecule has 5 rings (SSSR count). The Bertz CT molecular complexity index is 1180. The summed E-state index contributed by atoms with van der Waals surface area (Å²) in [5.41, 5.74) is 3.36. The van der Waals surface area contributed by atoms with Crippen molar-refractivity contribution in [2.45, 2.75) is 18.7 Å². The number of ether oxygens (including phenoxy) is 3. The number of hydrogen-bond donors (Lipinski definition) is 1. The summed E-state index contributed by atoms with van der Waals surface area (Å²) in [7, 11) is 3.21. The third kappa shape index (κ3) is 3.33. The Morgan fingerprint density at radius 2 is 1.84 bits per heavy atom. The van der Waals surface area contributed by atoms with Crippen LogP contribution in [0, 0.1) is 0 Å². The average molecular weight is 437 g/mol. The number of aromatic hydroxyl groups is 1. The number of hydrazone groups is 1. The molecule has 7 heteroatoms. The van der Waals surface area contributed by atoms with E-state index in [1.165, 1.54) is 0 Å². The third-order valence-corrected chi connectivity index (χ3v) is 5.89. The highest BCUT2D eigenvalue weighted by molar-refractivity contribution is 6.30. The Hall–Kier alpha value is -3.38. The Morgan fingerprint density at radius 1 is 1.03 bits per heavy atom. The van der Waals surface area contributed by atoms with Crippen LogP contribution in [0.5, 0.6) is 23.0 Å². The Labute approximate surface area is 185 Å². The summed E-state index contributed by atoms with van der Waals surface area (Å²) in [5.74, 6) is 2.23. The molecule has 2 atom stereocenters. The molecule has 0 saturated heterocycles. The molecule has 0 unspecified atom stereocenters. The third-order valence-electron chi connectivity index (χ3n) is 5.66. The van der Waals surface area contributed by atoms with Crippen LogP contribution < -0.4 is 14.2 Å². The summed E-state index contributed by atoms with van der Waals surface area (Å²) >= 11 is 6.29. The zero-order valence-electron chi connectivity index (χ0n) is 17.1. The van der Waals surface area contributed by atoms with Gasteiger partial charge in [0.1, 0.15) is 11.5 Å². The summed E-state index contributed by atoms with van der Waals surface area (Å²) in [6.07, 6.45) is 0.153. The van der Waals surface area contributed by atoms with Crippen molar-refractivity contribution in [3.63, 3.8) is 0 Å². The maximum Gasteiger partial charge on any atom is 0.214 e. The van der Waals surface area contributed by atoms with Gasteiger partial charge in [-0.1, -0.05) is 23.7 Å². The second-order valence-corrected chi connectivity index (χ2v) is 7.87. The quantitative estimate of drug-likeness (QED) is 0.600. The number of para-hydroxylation sites is 1. The monoisotopic (exact) mass is 436 g/mol. The van der Waals surface area contributed by atoms with Gasteiger partial charge in [-0.2, -0.15) is 5.10 Å². The van der Waals surface area contributed by atoms with Gasteiger partial charge in [-0.05, 0) is 48.5 Å². The molecule has 0 amide bonds. The van der Waals surface area contributed by atoms with Crippen molar-refractivity contribution in [2.24, 2.45) is 5.10 Å². The van der Waals surface area contributed by atoms with E-state index in [-0.39, 0.29) is 11.8 Å². The summed E-state index contributed by atoms with van der Waals surface area (Å²) in [4.78, 5) is 0. The number of halogens is 1. The van der Waals surface area contributed by atoms with Gasteiger partial charge in [-0.25, -0.2) is 5.01 Å². The fourth-order valence-electron chi connectivity index (χ4n) is 4.16. The molecular weight excluding hydrogens is 416 g/mol. The number of methoxy groups -OCH3 is 2. The normalized spacial score (nSPS) is 19.2. The molecule has 158 valence electrons. The van der Waals surface area contributed by atoms with Crippen LogP contribution in [0.3, 0.4) is 0 Å². The predicted molar refractivity (Wildman–Crippen MR) is 118 cm³/mol. The zero-order valence-corrected chi connectivity index (χ0v) is 17.8. The highest BCUT2D eigenvalue weighted by atomic mass is 35.5. The van der Waals surface area contributed by atoms with Crippen molar-refractivity contribution < 1.29 is 19.3 Å². The number of fused-ring (bicyclic) bond motifs is 3. The summed E-state index contributed by atoms with van der Waals surface area (Å²) in [5, 5.41) is 17.8. The van der Waals surface area contributed by atoms with Crippen LogP contribution in [0.2, 0.25) is 5.02 Å². The first-order chi connectivity index (χ1) is 15.1. The first kappa shape index (κ1) is 19.6. The number of phenols is 1. The van der Waals surface area contributed by atoms with E-state index in [2.05, 4.69) is 0 Å². The van der Waals surface area contributed by atoms with Gasteiger partial charge in [0.25, 0.3) is 0 Å². The van der Waals surface area contributed by atoms with Crippen LogP contribution >= 0.6 is 11.6 Å².